The summed E-state index contributed by atoms with van der Waals surface area (Å²) in [5.41, 5.74) is 6.43. The molecule has 15 heavy (non-hydrogen) atoms. The Morgan fingerprint density at radius 3 is 2.73 bits per heavy atom. The molecule has 2 N–H and O–H groups in total. The Kier molecular flexibility index (Phi) is 3.12. The van der Waals surface area contributed by atoms with Crippen LogP contribution in [0.4, 0.5) is 0 Å². The van der Waals surface area contributed by atoms with Crippen molar-refractivity contribution in [1.29, 1.82) is 0 Å². The van der Waals surface area contributed by atoms with E-state index in [2.05, 4.69) is 11.8 Å². The summed E-state index contributed by atoms with van der Waals surface area (Å²) in [7, 11) is 0. The number of carbonyl (C=O) groups excluding carboxylic acids is 1. The van der Waals surface area contributed by atoms with Gasteiger partial charge in [0.15, 0.2) is 0 Å². The normalized spacial score (nSPS) is 31.3. The molecule has 0 amide bonds. The number of rotatable bonds is 2. The van der Waals surface area contributed by atoms with Gasteiger partial charge in [-0.25, -0.2) is 0 Å². The molecular weight excluding hydrogens is 188 g/mol. The average molecular weight is 210 g/mol. The summed E-state index contributed by atoms with van der Waals surface area (Å²) in [5.74, 6) is 0.427. The van der Waals surface area contributed by atoms with Crippen molar-refractivity contribution in [2.24, 2.45) is 5.73 Å². The lowest BCUT2D eigenvalue weighted by Gasteiger charge is -2.43. The van der Waals surface area contributed by atoms with E-state index in [1.165, 1.54) is 6.42 Å². The lowest BCUT2D eigenvalue weighted by atomic mass is 9.76. The van der Waals surface area contributed by atoms with Crippen LogP contribution in [0.1, 0.15) is 45.4 Å². The smallest absolute Gasteiger partial charge is 0.133 e. The maximum atomic E-state index is 11.3. The van der Waals surface area contributed by atoms with E-state index in [1.54, 1.807) is 0 Å². The van der Waals surface area contributed by atoms with Crippen LogP contribution in [0, 0.1) is 0 Å². The van der Waals surface area contributed by atoms with Crippen LogP contribution in [0.25, 0.3) is 0 Å². The van der Waals surface area contributed by atoms with Crippen LogP contribution >= 0.6 is 0 Å². The third-order valence-corrected chi connectivity index (χ3v) is 4.20. The third-order valence-electron chi connectivity index (χ3n) is 4.20. The van der Waals surface area contributed by atoms with E-state index >= 15 is 0 Å². The summed E-state index contributed by atoms with van der Waals surface area (Å²) in [4.78, 5) is 13.9. The fraction of sp³-hybridized carbons (Fsp3) is 0.917. The van der Waals surface area contributed by atoms with Crippen molar-refractivity contribution in [1.82, 2.24) is 4.90 Å². The molecule has 1 atom stereocenters. The molecule has 1 unspecified atom stereocenters. The molecule has 3 nitrogen and oxygen atoms in total. The molecule has 1 spiro atoms. The molecule has 0 aromatic heterocycles. The lowest BCUT2D eigenvalue weighted by molar-refractivity contribution is -0.122. The molecule has 1 saturated heterocycles. The van der Waals surface area contributed by atoms with Crippen molar-refractivity contribution in [3.8, 4) is 0 Å². The molecule has 0 bridgehead atoms. The number of nitrogens with zero attached hydrogens (tertiary/aromatic N) is 1. The number of likely N-dealkylation sites (tertiary alicyclic amines) is 1. The van der Waals surface area contributed by atoms with Gasteiger partial charge >= 0.3 is 0 Å². The molecule has 2 rings (SSSR count). The molecule has 1 aliphatic carbocycles. The van der Waals surface area contributed by atoms with E-state index in [0.717, 1.165) is 45.2 Å². The van der Waals surface area contributed by atoms with Gasteiger partial charge in [0.2, 0.25) is 0 Å². The SMILES string of the molecule is CCCN1CCC(N)C12CCC(=O)CC2. The Hall–Kier alpha value is -0.410. The van der Waals surface area contributed by atoms with Gasteiger partial charge in [0.1, 0.15) is 5.78 Å². The van der Waals surface area contributed by atoms with E-state index in [9.17, 15) is 4.79 Å². The minimum absolute atomic E-state index is 0.171. The zero-order chi connectivity index (χ0) is 10.9. The Morgan fingerprint density at radius 1 is 1.47 bits per heavy atom. The molecule has 1 saturated carbocycles. The molecule has 0 radical (unpaired) electrons. The summed E-state index contributed by atoms with van der Waals surface area (Å²) in [6.07, 6.45) is 5.76. The van der Waals surface area contributed by atoms with Crippen LogP contribution in [0.5, 0.6) is 0 Å². The summed E-state index contributed by atoms with van der Waals surface area (Å²) >= 11 is 0. The van der Waals surface area contributed by atoms with Gasteiger partial charge in [-0.1, -0.05) is 6.92 Å². The highest BCUT2D eigenvalue weighted by molar-refractivity contribution is 5.79. The fourth-order valence-corrected chi connectivity index (χ4v) is 3.27. The molecule has 0 aromatic carbocycles. The van der Waals surface area contributed by atoms with Gasteiger partial charge in [0, 0.05) is 31.0 Å². The first-order valence-corrected chi connectivity index (χ1v) is 6.21. The van der Waals surface area contributed by atoms with Gasteiger partial charge in [-0.15, -0.1) is 0 Å². The quantitative estimate of drug-likeness (QED) is 0.747. The molecule has 1 aliphatic heterocycles. The van der Waals surface area contributed by atoms with Crippen molar-refractivity contribution in [3.05, 3.63) is 0 Å². The van der Waals surface area contributed by atoms with Crippen molar-refractivity contribution in [2.75, 3.05) is 13.1 Å². The lowest BCUT2D eigenvalue weighted by Crippen LogP contribution is -2.55. The molecular formula is C12H22N2O. The van der Waals surface area contributed by atoms with E-state index in [0.29, 0.717) is 5.78 Å². The minimum atomic E-state index is 0.171. The Morgan fingerprint density at radius 2 is 2.13 bits per heavy atom. The first kappa shape index (κ1) is 11.1. The molecule has 1 heterocycles. The number of nitrogens with two attached hydrogens (primary N) is 1. The van der Waals surface area contributed by atoms with Crippen molar-refractivity contribution < 1.29 is 4.79 Å². The monoisotopic (exact) mass is 210 g/mol. The minimum Gasteiger partial charge on any atom is -0.326 e. The van der Waals surface area contributed by atoms with Gasteiger partial charge in [-0.3, -0.25) is 9.69 Å². The summed E-state index contributed by atoms with van der Waals surface area (Å²) in [6.45, 7) is 4.48. The second kappa shape index (κ2) is 4.22. The average Bonchev–Trinajstić information content (AvgIpc) is 2.52. The summed E-state index contributed by atoms with van der Waals surface area (Å²) in [6, 6.07) is 0.289. The van der Waals surface area contributed by atoms with E-state index < -0.39 is 0 Å². The van der Waals surface area contributed by atoms with Crippen LogP contribution in [-0.4, -0.2) is 35.4 Å². The van der Waals surface area contributed by atoms with Crippen LogP contribution in [0.3, 0.4) is 0 Å². The summed E-state index contributed by atoms with van der Waals surface area (Å²) in [5, 5.41) is 0. The second-order valence-electron chi connectivity index (χ2n) is 5.02. The van der Waals surface area contributed by atoms with E-state index in [-0.39, 0.29) is 11.6 Å². The van der Waals surface area contributed by atoms with Gasteiger partial charge < -0.3 is 5.73 Å². The molecule has 0 aromatic rings. The number of hydrogen-bond donors (Lipinski definition) is 1. The Bertz CT molecular complexity index is 240. The topological polar surface area (TPSA) is 46.3 Å². The molecule has 86 valence electrons. The van der Waals surface area contributed by atoms with E-state index in [4.69, 9.17) is 5.73 Å². The Labute approximate surface area is 92.0 Å². The van der Waals surface area contributed by atoms with Crippen molar-refractivity contribution in [2.45, 2.75) is 57.0 Å². The third kappa shape index (κ3) is 1.83. The largest absolute Gasteiger partial charge is 0.326 e. The molecule has 3 heteroatoms. The number of carbonyl (C=O) groups is 1. The number of ketones is 1. The summed E-state index contributed by atoms with van der Waals surface area (Å²) < 4.78 is 0. The first-order valence-electron chi connectivity index (χ1n) is 6.21. The molecule has 2 fully saturated rings. The second-order valence-corrected chi connectivity index (χ2v) is 5.02. The highest BCUT2D eigenvalue weighted by Crippen LogP contribution is 2.39. The predicted molar refractivity (Wildman–Crippen MR) is 60.7 cm³/mol. The van der Waals surface area contributed by atoms with Crippen molar-refractivity contribution in [3.63, 3.8) is 0 Å². The highest BCUT2D eigenvalue weighted by atomic mass is 16.1. The van der Waals surface area contributed by atoms with Gasteiger partial charge in [0.25, 0.3) is 0 Å². The Balaban J connectivity index is 2.11. The zero-order valence-corrected chi connectivity index (χ0v) is 9.67. The highest BCUT2D eigenvalue weighted by Gasteiger charge is 2.47. The fourth-order valence-electron chi connectivity index (χ4n) is 3.27. The predicted octanol–water partition coefficient (Wildman–Crippen LogP) is 1.31. The van der Waals surface area contributed by atoms with Crippen molar-refractivity contribution >= 4 is 5.78 Å². The van der Waals surface area contributed by atoms with E-state index in [1.807, 2.05) is 0 Å². The van der Waals surface area contributed by atoms with Crippen LogP contribution in [0.15, 0.2) is 0 Å². The van der Waals surface area contributed by atoms with Crippen LogP contribution in [-0.2, 0) is 4.79 Å². The first-order chi connectivity index (χ1) is 7.19. The number of hydrogen-bond acceptors (Lipinski definition) is 3. The van der Waals surface area contributed by atoms with Crippen LogP contribution < -0.4 is 5.73 Å². The number of Topliss-reactive ketones (excluding diaryl/α,β-unsaturated/α-hetero) is 1. The van der Waals surface area contributed by atoms with Gasteiger partial charge in [-0.2, -0.15) is 0 Å². The van der Waals surface area contributed by atoms with Gasteiger partial charge in [-0.05, 0) is 32.2 Å². The van der Waals surface area contributed by atoms with Crippen LogP contribution in [0.2, 0.25) is 0 Å². The van der Waals surface area contributed by atoms with Gasteiger partial charge in [0.05, 0.1) is 0 Å². The maximum absolute atomic E-state index is 11.3. The standard InChI is InChI=1S/C12H22N2O/c1-2-8-14-9-5-11(13)12(14)6-3-10(15)4-7-12/h11H,2-9,13H2,1H3. The molecule has 2 aliphatic rings. The maximum Gasteiger partial charge on any atom is 0.133 e. The zero-order valence-electron chi connectivity index (χ0n) is 9.67.